The van der Waals surface area contributed by atoms with Gasteiger partial charge in [-0.1, -0.05) is 0 Å². The van der Waals surface area contributed by atoms with E-state index in [2.05, 4.69) is 4.99 Å². The van der Waals surface area contributed by atoms with Crippen molar-refractivity contribution in [2.24, 2.45) is 4.99 Å². The maximum atomic E-state index is 11.0. The van der Waals surface area contributed by atoms with E-state index in [9.17, 15) is 4.57 Å². The highest BCUT2D eigenvalue weighted by Crippen LogP contribution is 2.60. The smallest absolute Gasteiger partial charge is 0.469 e. The molecule has 10 nitrogen and oxygen atoms in total. The van der Waals surface area contributed by atoms with E-state index in [4.69, 9.17) is 38.7 Å². The molecule has 0 aliphatic carbocycles. The van der Waals surface area contributed by atoms with Crippen LogP contribution >= 0.6 is 15.5 Å². The highest BCUT2D eigenvalue weighted by Gasteiger charge is 2.51. The van der Waals surface area contributed by atoms with Crippen molar-refractivity contribution in [3.8, 4) is 17.2 Å². The van der Waals surface area contributed by atoms with Crippen molar-refractivity contribution in [1.82, 2.24) is 0 Å². The molecule has 0 atom stereocenters. The minimum atomic E-state index is -5.02. The van der Waals surface area contributed by atoms with E-state index in [0.717, 1.165) is 0 Å². The minimum Gasteiger partial charge on any atom is -0.493 e. The van der Waals surface area contributed by atoms with Gasteiger partial charge < -0.3 is 24.0 Å². The first-order chi connectivity index (χ1) is 11.2. The first kappa shape index (κ1) is 19.1. The lowest BCUT2D eigenvalue weighted by molar-refractivity contribution is 0.173. The molecular weight excluding hydrogens is 364 g/mol. The van der Waals surface area contributed by atoms with Gasteiger partial charge in [-0.15, -0.1) is 0 Å². The second-order valence-corrected chi connectivity index (χ2v) is 8.29. The summed E-state index contributed by atoms with van der Waals surface area (Å²) in [5, 5.41) is -1.27. The monoisotopic (exact) mass is 382 g/mol. The number of hydrogen-bond acceptors (Lipinski definition) is 8. The van der Waals surface area contributed by atoms with Crippen molar-refractivity contribution in [2.75, 3.05) is 19.9 Å². The van der Waals surface area contributed by atoms with Crippen LogP contribution in [0.4, 0.5) is 0 Å². The Labute approximate surface area is 138 Å². The first-order valence-electron chi connectivity index (χ1n) is 6.89. The molecule has 0 saturated carbocycles. The molecule has 24 heavy (non-hydrogen) atoms. The van der Waals surface area contributed by atoms with Crippen molar-refractivity contribution >= 4 is 20.7 Å². The predicted octanol–water partition coefficient (Wildman–Crippen LogP) is 0.847. The molecule has 0 unspecified atom stereocenters. The predicted molar refractivity (Wildman–Crippen MR) is 85.2 cm³/mol. The Bertz CT molecular complexity index is 652. The molecule has 2 rings (SSSR count). The Morgan fingerprint density at radius 2 is 1.92 bits per heavy atom. The van der Waals surface area contributed by atoms with E-state index in [-0.39, 0.29) is 13.3 Å². The molecule has 0 fully saturated rings. The van der Waals surface area contributed by atoms with E-state index in [1.54, 1.807) is 18.2 Å². The molecule has 1 aromatic carbocycles. The van der Waals surface area contributed by atoms with Gasteiger partial charge in [0, 0.05) is 12.6 Å². The van der Waals surface area contributed by atoms with Crippen LogP contribution in [0.15, 0.2) is 23.2 Å². The van der Waals surface area contributed by atoms with Crippen LogP contribution < -0.4 is 14.2 Å². The van der Waals surface area contributed by atoms with Crippen LogP contribution in [0.25, 0.3) is 0 Å². The van der Waals surface area contributed by atoms with Crippen molar-refractivity contribution in [3.63, 3.8) is 0 Å². The van der Waals surface area contributed by atoms with Crippen molar-refractivity contribution in [2.45, 2.75) is 12.8 Å². The third-order valence-corrected chi connectivity index (χ3v) is 5.87. The summed E-state index contributed by atoms with van der Waals surface area (Å²) in [5.74, 6) is 1.83. The van der Waals surface area contributed by atoms with Gasteiger partial charge in [0.15, 0.2) is 11.5 Å². The third kappa shape index (κ3) is 5.39. The molecule has 0 amide bonds. The fourth-order valence-corrected chi connectivity index (χ4v) is 3.88. The second kappa shape index (κ2) is 7.76. The normalized spacial score (nSPS) is 14.8. The molecule has 0 aromatic heterocycles. The lowest BCUT2D eigenvalue weighted by Gasteiger charge is -2.08. The van der Waals surface area contributed by atoms with Gasteiger partial charge in [0.2, 0.25) is 6.79 Å². The summed E-state index contributed by atoms with van der Waals surface area (Å²) < 4.78 is 26.9. The molecule has 1 aliphatic heterocycles. The highest BCUT2D eigenvalue weighted by atomic mass is 31.3. The van der Waals surface area contributed by atoms with Gasteiger partial charge in [-0.05, 0) is 25.0 Å². The summed E-state index contributed by atoms with van der Waals surface area (Å²) in [6, 6.07) is 5.13. The number of benzene rings is 1. The number of fused-ring (bicyclic) bond motifs is 1. The molecule has 134 valence electrons. The largest absolute Gasteiger partial charge is 0.493 e. The lowest BCUT2D eigenvalue weighted by atomic mass is 10.3. The Morgan fingerprint density at radius 3 is 2.58 bits per heavy atom. The Kier molecular flexibility index (Phi) is 6.17. The Hall–Kier alpha value is -1.25. The number of nitrogens with zero attached hydrogens (tertiary/aromatic N) is 1. The topological polar surface area (TPSA) is 158 Å². The van der Waals surface area contributed by atoms with E-state index in [1.165, 1.54) is 0 Å². The molecule has 0 saturated heterocycles. The number of rotatable bonds is 8. The maximum absolute atomic E-state index is 11.0. The van der Waals surface area contributed by atoms with Crippen LogP contribution in [0, 0.1) is 0 Å². The summed E-state index contributed by atoms with van der Waals surface area (Å²) in [5.41, 5.74) is 0. The Morgan fingerprint density at radius 1 is 1.21 bits per heavy atom. The fourth-order valence-electron chi connectivity index (χ4n) is 1.91. The van der Waals surface area contributed by atoms with Crippen LogP contribution in [0.1, 0.15) is 12.8 Å². The lowest BCUT2D eigenvalue weighted by Crippen LogP contribution is -2.07. The zero-order valence-electron chi connectivity index (χ0n) is 12.5. The van der Waals surface area contributed by atoms with Gasteiger partial charge in [-0.3, -0.25) is 0 Å². The van der Waals surface area contributed by atoms with Crippen LogP contribution in [-0.4, -0.2) is 49.6 Å². The van der Waals surface area contributed by atoms with Gasteiger partial charge in [0.25, 0.3) is 0 Å². The molecule has 0 spiro atoms. The molecule has 1 aromatic rings. The SMILES string of the molecule is O=P(O)(O)C(=NCCCCOc1ccc2c(c1)OCO2)[P+](O)(O)O. The van der Waals surface area contributed by atoms with Crippen LogP contribution in [0.5, 0.6) is 17.2 Å². The summed E-state index contributed by atoms with van der Waals surface area (Å²) in [4.78, 5) is 48.2. The first-order valence-corrected chi connectivity index (χ1v) is 10.1. The molecule has 0 bridgehead atoms. The van der Waals surface area contributed by atoms with E-state index in [0.29, 0.717) is 36.7 Å². The van der Waals surface area contributed by atoms with Crippen LogP contribution in [0.2, 0.25) is 0 Å². The molecule has 1 heterocycles. The summed E-state index contributed by atoms with van der Waals surface area (Å²) >= 11 is 0. The van der Waals surface area contributed by atoms with Crippen LogP contribution in [-0.2, 0) is 4.57 Å². The van der Waals surface area contributed by atoms with Crippen molar-refractivity contribution in [1.29, 1.82) is 0 Å². The fraction of sp³-hybridized carbons (Fsp3) is 0.417. The van der Waals surface area contributed by atoms with E-state index in [1.807, 2.05) is 0 Å². The number of ether oxygens (including phenoxy) is 3. The standard InChI is InChI=1S/C12H17NO9P2/c14-23(15,16)12(24(17,18)19)13-5-1-2-6-20-9-3-4-10-11(7-9)22-8-21-10/h3-4,7,14-16H,1-2,5-6,8H2,(H-,17,18,19)/p+1. The quantitative estimate of drug-likeness (QED) is 0.250. The summed E-state index contributed by atoms with van der Waals surface area (Å²) in [6.07, 6.45) is 0.869. The van der Waals surface area contributed by atoms with E-state index < -0.39 is 20.7 Å². The third-order valence-electron chi connectivity index (χ3n) is 2.95. The zero-order chi connectivity index (χ0) is 17.8. The maximum Gasteiger partial charge on any atom is 0.469 e. The van der Waals surface area contributed by atoms with Gasteiger partial charge >= 0.3 is 20.7 Å². The summed E-state index contributed by atoms with van der Waals surface area (Å²) in [6.45, 7) is 0.399. The van der Waals surface area contributed by atoms with Gasteiger partial charge in [-0.25, -0.2) is 9.56 Å². The summed E-state index contributed by atoms with van der Waals surface area (Å²) in [7, 11) is -9.85. The van der Waals surface area contributed by atoms with Crippen LogP contribution in [0.3, 0.4) is 0 Å². The highest BCUT2D eigenvalue weighted by molar-refractivity contribution is 8.00. The van der Waals surface area contributed by atoms with Crippen molar-refractivity contribution < 1.29 is 43.2 Å². The number of unbranched alkanes of at least 4 members (excludes halogenated alkanes) is 1. The second-order valence-electron chi connectivity index (χ2n) is 4.86. The molecule has 5 N–H and O–H groups in total. The van der Waals surface area contributed by atoms with Gasteiger partial charge in [-0.2, -0.15) is 14.7 Å². The minimum absolute atomic E-state index is 0.0889. The van der Waals surface area contributed by atoms with Gasteiger partial charge in [0.05, 0.1) is 6.61 Å². The molecular formula is C12H18NO9P2+. The molecule has 1 aliphatic rings. The number of hydrogen-bond donors (Lipinski definition) is 5. The number of aliphatic imine (C=N–C) groups is 1. The Balaban J connectivity index is 1.76. The average Bonchev–Trinajstić information content (AvgIpc) is 2.91. The zero-order valence-corrected chi connectivity index (χ0v) is 14.3. The molecule has 0 radical (unpaired) electrons. The van der Waals surface area contributed by atoms with E-state index >= 15 is 0 Å². The van der Waals surface area contributed by atoms with Crippen molar-refractivity contribution in [3.05, 3.63) is 18.2 Å². The van der Waals surface area contributed by atoms with Gasteiger partial charge in [0.1, 0.15) is 5.75 Å². The average molecular weight is 382 g/mol. The molecule has 12 heteroatoms.